The Kier molecular flexibility index (Phi) is 6.53. The van der Waals surface area contributed by atoms with E-state index in [-0.39, 0.29) is 30.8 Å². The van der Waals surface area contributed by atoms with Crippen LogP contribution < -0.4 is 21.7 Å². The lowest BCUT2D eigenvalue weighted by molar-refractivity contribution is -0.121. The van der Waals surface area contributed by atoms with Crippen molar-refractivity contribution in [2.45, 2.75) is 19.4 Å². The summed E-state index contributed by atoms with van der Waals surface area (Å²) in [5.74, 6) is -0.327. The number of urea groups is 1. The third-order valence-electron chi connectivity index (χ3n) is 3.44. The van der Waals surface area contributed by atoms with Gasteiger partial charge in [0.2, 0.25) is 5.91 Å². The molecule has 5 N–H and O–H groups in total. The fraction of sp³-hybridized carbons (Fsp3) is 0.235. The highest BCUT2D eigenvalue weighted by atomic mass is 32.1. The lowest BCUT2D eigenvalue weighted by Gasteiger charge is -2.15. The van der Waals surface area contributed by atoms with Crippen molar-refractivity contribution in [3.63, 3.8) is 0 Å². The molecule has 1 atom stereocenters. The molecule has 1 heterocycles. The lowest BCUT2D eigenvalue weighted by Crippen LogP contribution is -2.31. The number of carbonyl (C=O) groups is 3. The Morgan fingerprint density at radius 2 is 1.88 bits per heavy atom. The Hall–Kier alpha value is -2.87. The number of hydrogen-bond donors (Lipinski definition) is 4. The van der Waals surface area contributed by atoms with Crippen LogP contribution in [0.1, 0.15) is 34.6 Å². The molecular weight excluding hydrogens is 340 g/mol. The second-order valence-electron chi connectivity index (χ2n) is 5.38. The molecule has 0 bridgehead atoms. The summed E-state index contributed by atoms with van der Waals surface area (Å²) in [6, 6.07) is 9.75. The van der Waals surface area contributed by atoms with E-state index in [4.69, 9.17) is 5.73 Å². The fourth-order valence-corrected chi connectivity index (χ4v) is 2.82. The van der Waals surface area contributed by atoms with Crippen molar-refractivity contribution >= 4 is 34.9 Å². The molecular formula is C17H20N4O3S. The van der Waals surface area contributed by atoms with Gasteiger partial charge in [0.25, 0.3) is 5.91 Å². The molecule has 132 valence electrons. The maximum Gasteiger partial charge on any atom is 0.316 e. The summed E-state index contributed by atoms with van der Waals surface area (Å²) in [7, 11) is 0. The van der Waals surface area contributed by atoms with Crippen molar-refractivity contribution in [1.29, 1.82) is 0 Å². The maximum atomic E-state index is 12.0. The van der Waals surface area contributed by atoms with E-state index in [1.165, 1.54) is 11.3 Å². The average molecular weight is 360 g/mol. The van der Waals surface area contributed by atoms with Gasteiger partial charge in [-0.3, -0.25) is 9.59 Å². The van der Waals surface area contributed by atoms with Crippen LogP contribution in [0.5, 0.6) is 0 Å². The molecule has 1 aromatic heterocycles. The Morgan fingerprint density at radius 3 is 2.48 bits per heavy atom. The average Bonchev–Trinajstić information content (AvgIpc) is 3.09. The molecule has 0 aliphatic heterocycles. The van der Waals surface area contributed by atoms with Crippen LogP contribution in [0.3, 0.4) is 0 Å². The first-order valence-electron chi connectivity index (χ1n) is 7.73. The summed E-state index contributed by atoms with van der Waals surface area (Å²) in [5, 5.41) is 9.88. The molecule has 25 heavy (non-hydrogen) atoms. The number of nitrogens with two attached hydrogens (primary N) is 1. The highest BCUT2D eigenvalue weighted by Crippen LogP contribution is 2.16. The van der Waals surface area contributed by atoms with E-state index in [1.807, 2.05) is 12.3 Å². The standard InChI is InChI=1S/C17H20N4O3S/c1-11(12-4-6-13(7-5-12)21-17(18)24)20-15(22)8-9-19-16(23)14-3-2-10-25-14/h2-7,10-11H,8-9H2,1H3,(H,19,23)(H,20,22)(H3,18,21,24)/t11-/m0/s1. The molecule has 7 nitrogen and oxygen atoms in total. The third-order valence-corrected chi connectivity index (χ3v) is 4.31. The summed E-state index contributed by atoms with van der Waals surface area (Å²) >= 11 is 1.36. The molecule has 0 aliphatic rings. The van der Waals surface area contributed by atoms with E-state index in [0.717, 1.165) is 5.56 Å². The van der Waals surface area contributed by atoms with E-state index in [2.05, 4.69) is 16.0 Å². The molecule has 1 aromatic carbocycles. The second kappa shape index (κ2) is 8.84. The zero-order valence-electron chi connectivity index (χ0n) is 13.7. The van der Waals surface area contributed by atoms with Gasteiger partial charge < -0.3 is 21.7 Å². The number of benzene rings is 1. The van der Waals surface area contributed by atoms with Gasteiger partial charge in [0.15, 0.2) is 0 Å². The molecule has 2 rings (SSSR count). The summed E-state index contributed by atoms with van der Waals surface area (Å²) in [6.07, 6.45) is 0.197. The van der Waals surface area contributed by atoms with Crippen molar-refractivity contribution in [2.75, 3.05) is 11.9 Å². The van der Waals surface area contributed by atoms with Gasteiger partial charge in [0.05, 0.1) is 10.9 Å². The molecule has 0 aliphatic carbocycles. The Balaban J connectivity index is 1.75. The predicted molar refractivity (Wildman–Crippen MR) is 97.5 cm³/mol. The van der Waals surface area contributed by atoms with Crippen LogP contribution in [0, 0.1) is 0 Å². The number of amides is 4. The van der Waals surface area contributed by atoms with Crippen LogP contribution >= 0.6 is 11.3 Å². The largest absolute Gasteiger partial charge is 0.351 e. The summed E-state index contributed by atoms with van der Waals surface area (Å²) in [6.45, 7) is 2.13. The van der Waals surface area contributed by atoms with E-state index < -0.39 is 6.03 Å². The van der Waals surface area contributed by atoms with E-state index in [1.54, 1.807) is 36.4 Å². The topological polar surface area (TPSA) is 113 Å². The Morgan fingerprint density at radius 1 is 1.16 bits per heavy atom. The fourth-order valence-electron chi connectivity index (χ4n) is 2.18. The monoisotopic (exact) mass is 360 g/mol. The minimum atomic E-state index is -0.626. The van der Waals surface area contributed by atoms with Gasteiger partial charge in [0.1, 0.15) is 0 Å². The minimum Gasteiger partial charge on any atom is -0.351 e. The number of nitrogens with one attached hydrogen (secondary N) is 3. The third kappa shape index (κ3) is 5.92. The number of thiophene rings is 1. The van der Waals surface area contributed by atoms with Crippen molar-refractivity contribution in [3.8, 4) is 0 Å². The number of primary amides is 1. The molecule has 0 radical (unpaired) electrons. The Bertz CT molecular complexity index is 729. The summed E-state index contributed by atoms with van der Waals surface area (Å²) in [5.41, 5.74) is 6.53. The van der Waals surface area contributed by atoms with Crippen LogP contribution in [0.4, 0.5) is 10.5 Å². The van der Waals surface area contributed by atoms with Gasteiger partial charge in [-0.25, -0.2) is 4.79 Å². The highest BCUT2D eigenvalue weighted by Gasteiger charge is 2.11. The quantitative estimate of drug-likeness (QED) is 0.607. The Labute approximate surface area is 149 Å². The molecule has 2 aromatic rings. The summed E-state index contributed by atoms with van der Waals surface area (Å²) < 4.78 is 0. The molecule has 0 unspecified atom stereocenters. The number of rotatable bonds is 7. The molecule has 4 amide bonds. The first kappa shape index (κ1) is 18.5. The van der Waals surface area contributed by atoms with E-state index in [0.29, 0.717) is 10.6 Å². The SMILES string of the molecule is C[C@H](NC(=O)CCNC(=O)c1cccs1)c1ccc(NC(N)=O)cc1. The normalized spacial score (nSPS) is 11.4. The van der Waals surface area contributed by atoms with Crippen LogP contribution in [0.2, 0.25) is 0 Å². The van der Waals surface area contributed by atoms with Gasteiger partial charge in [-0.15, -0.1) is 11.3 Å². The molecule has 0 spiro atoms. The smallest absolute Gasteiger partial charge is 0.316 e. The number of hydrogen-bond acceptors (Lipinski definition) is 4. The van der Waals surface area contributed by atoms with E-state index >= 15 is 0 Å². The molecule has 0 fully saturated rings. The van der Waals surface area contributed by atoms with E-state index in [9.17, 15) is 14.4 Å². The molecule has 8 heteroatoms. The van der Waals surface area contributed by atoms with Gasteiger partial charge >= 0.3 is 6.03 Å². The molecule has 0 saturated heterocycles. The van der Waals surface area contributed by atoms with Gasteiger partial charge in [-0.2, -0.15) is 0 Å². The van der Waals surface area contributed by atoms with Crippen LogP contribution in [-0.2, 0) is 4.79 Å². The summed E-state index contributed by atoms with van der Waals surface area (Å²) in [4.78, 5) is 35.1. The molecule has 0 saturated carbocycles. The van der Waals surface area contributed by atoms with Crippen molar-refractivity contribution in [2.24, 2.45) is 5.73 Å². The number of anilines is 1. The zero-order valence-corrected chi connectivity index (χ0v) is 14.6. The predicted octanol–water partition coefficient (Wildman–Crippen LogP) is 2.24. The zero-order chi connectivity index (χ0) is 18.2. The van der Waals surface area contributed by atoms with Crippen LogP contribution in [0.15, 0.2) is 41.8 Å². The number of carbonyl (C=O) groups excluding carboxylic acids is 3. The minimum absolute atomic E-state index is 0.154. The van der Waals surface area contributed by atoms with Gasteiger partial charge in [-0.1, -0.05) is 18.2 Å². The van der Waals surface area contributed by atoms with Crippen LogP contribution in [0.25, 0.3) is 0 Å². The maximum absolute atomic E-state index is 12.0. The van der Waals surface area contributed by atoms with Gasteiger partial charge in [-0.05, 0) is 36.1 Å². The van der Waals surface area contributed by atoms with Crippen molar-refractivity contribution < 1.29 is 14.4 Å². The van der Waals surface area contributed by atoms with Gasteiger partial charge in [0, 0.05) is 18.7 Å². The second-order valence-corrected chi connectivity index (χ2v) is 6.33. The van der Waals surface area contributed by atoms with Crippen LogP contribution in [-0.4, -0.2) is 24.4 Å². The first-order chi connectivity index (χ1) is 12.0. The lowest BCUT2D eigenvalue weighted by atomic mass is 10.1. The first-order valence-corrected chi connectivity index (χ1v) is 8.61. The highest BCUT2D eigenvalue weighted by molar-refractivity contribution is 7.12. The van der Waals surface area contributed by atoms with Crippen molar-refractivity contribution in [3.05, 3.63) is 52.2 Å². The van der Waals surface area contributed by atoms with Crippen molar-refractivity contribution in [1.82, 2.24) is 10.6 Å².